The summed E-state index contributed by atoms with van der Waals surface area (Å²) in [5, 5.41) is 3.47. The Balaban J connectivity index is 2.10. The fourth-order valence-corrected chi connectivity index (χ4v) is 1.90. The highest BCUT2D eigenvalue weighted by Crippen LogP contribution is 2.32. The van der Waals surface area contributed by atoms with Gasteiger partial charge in [0.1, 0.15) is 0 Å². The molecule has 0 aromatic heterocycles. The van der Waals surface area contributed by atoms with Gasteiger partial charge in [-0.3, -0.25) is 4.79 Å². The first kappa shape index (κ1) is 11.3. The molecule has 0 saturated heterocycles. The van der Waals surface area contributed by atoms with E-state index in [1.165, 1.54) is 12.8 Å². The molecule has 0 bridgehead atoms. The van der Waals surface area contributed by atoms with Crippen molar-refractivity contribution in [2.45, 2.75) is 25.8 Å². The molecule has 86 valence electrons. The molecule has 16 heavy (non-hydrogen) atoms. The topological polar surface area (TPSA) is 55.1 Å². The lowest BCUT2D eigenvalue weighted by atomic mass is 10.1. The number of amides is 1. The van der Waals surface area contributed by atoms with E-state index in [0.29, 0.717) is 22.2 Å². The van der Waals surface area contributed by atoms with Crippen LogP contribution in [0.3, 0.4) is 0 Å². The van der Waals surface area contributed by atoms with Crippen molar-refractivity contribution in [1.82, 2.24) is 5.32 Å². The third-order valence-corrected chi connectivity index (χ3v) is 3.18. The van der Waals surface area contributed by atoms with Crippen LogP contribution in [0.25, 0.3) is 0 Å². The molecule has 0 spiro atoms. The second-order valence-corrected chi connectivity index (χ2v) is 4.77. The number of nitrogens with two attached hydrogens (primary N) is 1. The third-order valence-electron chi connectivity index (χ3n) is 2.95. The first-order chi connectivity index (χ1) is 7.58. The molecule has 0 aliphatic heterocycles. The van der Waals surface area contributed by atoms with Gasteiger partial charge in [-0.1, -0.05) is 11.6 Å². The van der Waals surface area contributed by atoms with Crippen molar-refractivity contribution in [3.8, 4) is 0 Å². The standard InChI is InChI=1S/C12H15ClN2O/c1-7(8-2-3-8)15-12(16)10-6-9(13)4-5-11(10)14/h4-8H,2-3,14H2,1H3,(H,15,16). The zero-order valence-corrected chi connectivity index (χ0v) is 9.92. The van der Waals surface area contributed by atoms with Gasteiger partial charge in [0.2, 0.25) is 0 Å². The highest BCUT2D eigenvalue weighted by molar-refractivity contribution is 6.31. The number of nitrogens with one attached hydrogen (secondary N) is 1. The molecular weight excluding hydrogens is 224 g/mol. The van der Waals surface area contributed by atoms with Crippen LogP contribution in [-0.4, -0.2) is 11.9 Å². The highest BCUT2D eigenvalue weighted by atomic mass is 35.5. The molecule has 1 fully saturated rings. The molecule has 1 aliphatic rings. The Morgan fingerprint density at radius 3 is 2.88 bits per heavy atom. The van der Waals surface area contributed by atoms with Gasteiger partial charge in [-0.05, 0) is 43.9 Å². The maximum Gasteiger partial charge on any atom is 0.253 e. The van der Waals surface area contributed by atoms with Crippen LogP contribution in [-0.2, 0) is 0 Å². The van der Waals surface area contributed by atoms with Crippen LogP contribution in [0.1, 0.15) is 30.1 Å². The molecule has 3 N–H and O–H groups in total. The lowest BCUT2D eigenvalue weighted by Gasteiger charge is -2.13. The van der Waals surface area contributed by atoms with E-state index in [9.17, 15) is 4.79 Å². The molecule has 3 nitrogen and oxygen atoms in total. The number of carbonyl (C=O) groups excluding carboxylic acids is 1. The fourth-order valence-electron chi connectivity index (χ4n) is 1.72. The Morgan fingerprint density at radius 1 is 1.56 bits per heavy atom. The van der Waals surface area contributed by atoms with E-state index in [1.54, 1.807) is 18.2 Å². The summed E-state index contributed by atoms with van der Waals surface area (Å²) in [5.74, 6) is 0.490. The van der Waals surface area contributed by atoms with Crippen LogP contribution in [0.4, 0.5) is 5.69 Å². The van der Waals surface area contributed by atoms with Crippen molar-refractivity contribution in [1.29, 1.82) is 0 Å². The van der Waals surface area contributed by atoms with E-state index in [4.69, 9.17) is 17.3 Å². The highest BCUT2D eigenvalue weighted by Gasteiger charge is 2.29. The fraction of sp³-hybridized carbons (Fsp3) is 0.417. The monoisotopic (exact) mass is 238 g/mol. The van der Waals surface area contributed by atoms with Crippen LogP contribution >= 0.6 is 11.6 Å². The van der Waals surface area contributed by atoms with E-state index >= 15 is 0 Å². The van der Waals surface area contributed by atoms with E-state index in [2.05, 4.69) is 5.32 Å². The summed E-state index contributed by atoms with van der Waals surface area (Å²) in [6, 6.07) is 5.15. The Labute approximate surface area is 100.0 Å². The summed E-state index contributed by atoms with van der Waals surface area (Å²) < 4.78 is 0. The van der Waals surface area contributed by atoms with Crippen LogP contribution < -0.4 is 11.1 Å². The SMILES string of the molecule is CC(NC(=O)c1cc(Cl)ccc1N)C1CC1. The van der Waals surface area contributed by atoms with Crippen molar-refractivity contribution in [3.63, 3.8) is 0 Å². The molecule has 1 saturated carbocycles. The summed E-state index contributed by atoms with van der Waals surface area (Å²) in [5.41, 5.74) is 6.66. The summed E-state index contributed by atoms with van der Waals surface area (Å²) >= 11 is 5.84. The van der Waals surface area contributed by atoms with E-state index in [-0.39, 0.29) is 11.9 Å². The summed E-state index contributed by atoms with van der Waals surface area (Å²) in [6.07, 6.45) is 2.40. The van der Waals surface area contributed by atoms with Crippen molar-refractivity contribution >= 4 is 23.2 Å². The van der Waals surface area contributed by atoms with Gasteiger partial charge in [-0.2, -0.15) is 0 Å². The smallest absolute Gasteiger partial charge is 0.253 e. The maximum absolute atomic E-state index is 11.9. The first-order valence-corrected chi connectivity index (χ1v) is 5.81. The molecular formula is C12H15ClN2O. The quantitative estimate of drug-likeness (QED) is 0.795. The first-order valence-electron chi connectivity index (χ1n) is 5.44. The normalized spacial score (nSPS) is 16.9. The number of hydrogen-bond acceptors (Lipinski definition) is 2. The van der Waals surface area contributed by atoms with Crippen LogP contribution in [0.2, 0.25) is 5.02 Å². The van der Waals surface area contributed by atoms with E-state index in [0.717, 1.165) is 0 Å². The Kier molecular flexibility index (Phi) is 3.06. The van der Waals surface area contributed by atoms with E-state index < -0.39 is 0 Å². The molecule has 1 aromatic rings. The molecule has 1 amide bonds. The predicted octanol–water partition coefficient (Wildman–Crippen LogP) is 2.45. The predicted molar refractivity (Wildman–Crippen MR) is 65.5 cm³/mol. The lowest BCUT2D eigenvalue weighted by Crippen LogP contribution is -2.34. The molecule has 4 heteroatoms. The minimum absolute atomic E-state index is 0.139. The Morgan fingerprint density at radius 2 is 2.25 bits per heavy atom. The Hall–Kier alpha value is -1.22. The summed E-state index contributed by atoms with van der Waals surface area (Å²) in [6.45, 7) is 2.02. The largest absolute Gasteiger partial charge is 0.398 e. The maximum atomic E-state index is 11.9. The molecule has 1 atom stereocenters. The zero-order valence-electron chi connectivity index (χ0n) is 9.16. The van der Waals surface area contributed by atoms with Crippen molar-refractivity contribution in [3.05, 3.63) is 28.8 Å². The molecule has 1 aromatic carbocycles. The third kappa shape index (κ3) is 2.47. The van der Waals surface area contributed by atoms with Crippen molar-refractivity contribution in [2.24, 2.45) is 5.92 Å². The average Bonchev–Trinajstić information content (AvgIpc) is 3.04. The minimum Gasteiger partial charge on any atom is -0.398 e. The van der Waals surface area contributed by atoms with Gasteiger partial charge < -0.3 is 11.1 Å². The van der Waals surface area contributed by atoms with Gasteiger partial charge >= 0.3 is 0 Å². The number of anilines is 1. The average molecular weight is 239 g/mol. The minimum atomic E-state index is -0.139. The number of rotatable bonds is 3. The summed E-state index contributed by atoms with van der Waals surface area (Å²) in [4.78, 5) is 11.9. The summed E-state index contributed by atoms with van der Waals surface area (Å²) in [7, 11) is 0. The molecule has 0 radical (unpaired) electrons. The van der Waals surface area contributed by atoms with Gasteiger partial charge in [0, 0.05) is 16.8 Å². The molecule has 1 aliphatic carbocycles. The number of benzene rings is 1. The molecule has 2 rings (SSSR count). The van der Waals surface area contributed by atoms with Gasteiger partial charge in [0.25, 0.3) is 5.91 Å². The number of hydrogen-bond donors (Lipinski definition) is 2. The van der Waals surface area contributed by atoms with Crippen LogP contribution in [0, 0.1) is 5.92 Å². The second-order valence-electron chi connectivity index (χ2n) is 4.33. The Bertz CT molecular complexity index is 415. The van der Waals surface area contributed by atoms with Crippen LogP contribution in [0.15, 0.2) is 18.2 Å². The van der Waals surface area contributed by atoms with Gasteiger partial charge in [0.15, 0.2) is 0 Å². The van der Waals surface area contributed by atoms with E-state index in [1.807, 2.05) is 6.92 Å². The van der Waals surface area contributed by atoms with Gasteiger partial charge in [-0.25, -0.2) is 0 Å². The van der Waals surface area contributed by atoms with Crippen molar-refractivity contribution in [2.75, 3.05) is 5.73 Å². The number of nitrogen functional groups attached to an aromatic ring is 1. The zero-order chi connectivity index (χ0) is 11.7. The number of carbonyl (C=O) groups is 1. The second kappa shape index (κ2) is 4.34. The van der Waals surface area contributed by atoms with Crippen LogP contribution in [0.5, 0.6) is 0 Å². The molecule has 0 heterocycles. The van der Waals surface area contributed by atoms with Crippen molar-refractivity contribution < 1.29 is 4.79 Å². The lowest BCUT2D eigenvalue weighted by molar-refractivity contribution is 0.0937. The van der Waals surface area contributed by atoms with Gasteiger partial charge in [0.05, 0.1) is 5.56 Å². The molecule has 1 unspecified atom stereocenters. The van der Waals surface area contributed by atoms with Gasteiger partial charge in [-0.15, -0.1) is 0 Å². The number of halogens is 1.